The van der Waals surface area contributed by atoms with E-state index in [1.807, 2.05) is 24.3 Å². The monoisotopic (exact) mass is 366 g/mol. The molecule has 0 unspecified atom stereocenters. The van der Waals surface area contributed by atoms with Gasteiger partial charge in [0, 0.05) is 4.90 Å². The summed E-state index contributed by atoms with van der Waals surface area (Å²) in [6, 6.07) is 14.1. The van der Waals surface area contributed by atoms with E-state index < -0.39 is 11.2 Å². The summed E-state index contributed by atoms with van der Waals surface area (Å²) in [5, 5.41) is 17.7. The first-order chi connectivity index (χ1) is 11.9. The van der Waals surface area contributed by atoms with Gasteiger partial charge in [0.2, 0.25) is 0 Å². The number of primary amides is 1. The Bertz CT molecular complexity index is 660. The molecule has 9 heteroatoms. The Morgan fingerprint density at radius 1 is 1.12 bits per heavy atom. The van der Waals surface area contributed by atoms with Crippen molar-refractivity contribution in [2.75, 3.05) is 0 Å². The summed E-state index contributed by atoms with van der Waals surface area (Å²) >= 11 is 4.09. The summed E-state index contributed by atoms with van der Waals surface area (Å²) in [6.07, 6.45) is -0.869. The molecule has 0 heterocycles. The molecule has 0 aliphatic rings. The maximum Gasteiger partial charge on any atom is 0.404 e. The molecule has 2 rings (SSSR count). The van der Waals surface area contributed by atoms with Gasteiger partial charge < -0.3 is 20.4 Å². The van der Waals surface area contributed by atoms with Crippen LogP contribution in [0.15, 0.2) is 53.4 Å². The minimum Gasteiger partial charge on any atom is -0.445 e. The van der Waals surface area contributed by atoms with E-state index in [2.05, 4.69) is 22.2 Å². The van der Waals surface area contributed by atoms with Crippen molar-refractivity contribution in [3.8, 4) is 0 Å². The Labute approximate surface area is 149 Å². The van der Waals surface area contributed by atoms with Crippen LogP contribution in [0.2, 0.25) is 0 Å². The first-order valence-corrected chi connectivity index (χ1v) is 7.51. The summed E-state index contributed by atoms with van der Waals surface area (Å²) in [7, 11) is 0. The Balaban J connectivity index is 0.000000293. The average Bonchev–Trinajstić information content (AvgIpc) is 2.60. The lowest BCUT2D eigenvalue weighted by Gasteiger charge is -2.04. The van der Waals surface area contributed by atoms with Crippen molar-refractivity contribution in [1.29, 1.82) is 0 Å². The second kappa shape index (κ2) is 10.9. The van der Waals surface area contributed by atoms with Gasteiger partial charge in [-0.25, -0.2) is 4.79 Å². The SMILES string of the molecule is NC(=O)OCc1cccc(CO[N+](=O)[O-])c1.OCc1ccc(S)cc1. The van der Waals surface area contributed by atoms with Crippen LogP contribution in [-0.2, 0) is 29.4 Å². The van der Waals surface area contributed by atoms with Gasteiger partial charge in [-0.3, -0.25) is 0 Å². The molecule has 134 valence electrons. The van der Waals surface area contributed by atoms with E-state index in [0.717, 1.165) is 10.5 Å². The first kappa shape index (κ1) is 20.3. The second-order valence-corrected chi connectivity index (χ2v) is 5.27. The van der Waals surface area contributed by atoms with Crippen LogP contribution in [0.25, 0.3) is 0 Å². The third-order valence-corrected chi connectivity index (χ3v) is 3.13. The molecule has 0 aromatic heterocycles. The first-order valence-electron chi connectivity index (χ1n) is 7.07. The zero-order valence-electron chi connectivity index (χ0n) is 13.2. The number of hydrogen-bond donors (Lipinski definition) is 3. The average molecular weight is 366 g/mol. The number of amides is 1. The van der Waals surface area contributed by atoms with Gasteiger partial charge in [0.15, 0.2) is 0 Å². The molecule has 2 aromatic rings. The largest absolute Gasteiger partial charge is 0.445 e. The maximum atomic E-state index is 10.4. The molecule has 0 fully saturated rings. The predicted molar refractivity (Wildman–Crippen MR) is 92.2 cm³/mol. The number of carbonyl (C=O) groups is 1. The maximum absolute atomic E-state index is 10.4. The van der Waals surface area contributed by atoms with Crippen LogP contribution < -0.4 is 5.73 Å². The highest BCUT2D eigenvalue weighted by atomic mass is 32.1. The fraction of sp³-hybridized carbons (Fsp3) is 0.188. The summed E-state index contributed by atoms with van der Waals surface area (Å²) in [6.45, 7) is -0.00684. The van der Waals surface area contributed by atoms with Crippen molar-refractivity contribution in [1.82, 2.24) is 0 Å². The summed E-state index contributed by atoms with van der Waals surface area (Å²) in [4.78, 5) is 25.5. The molecular formula is C16H18N2O6S. The molecule has 0 saturated heterocycles. The number of aliphatic hydroxyl groups excluding tert-OH is 1. The van der Waals surface area contributed by atoms with E-state index in [-0.39, 0.29) is 19.8 Å². The molecule has 0 saturated carbocycles. The quantitative estimate of drug-likeness (QED) is 0.410. The van der Waals surface area contributed by atoms with Gasteiger partial charge in [-0.2, -0.15) is 0 Å². The zero-order valence-corrected chi connectivity index (χ0v) is 14.1. The Morgan fingerprint density at radius 2 is 1.72 bits per heavy atom. The minimum atomic E-state index is -0.869. The summed E-state index contributed by atoms with van der Waals surface area (Å²) in [5.41, 5.74) is 7.02. The van der Waals surface area contributed by atoms with Crippen LogP contribution in [0.5, 0.6) is 0 Å². The summed E-state index contributed by atoms with van der Waals surface area (Å²) < 4.78 is 4.57. The van der Waals surface area contributed by atoms with Gasteiger partial charge >= 0.3 is 6.09 Å². The number of thiol groups is 1. The molecule has 0 spiro atoms. The van der Waals surface area contributed by atoms with Crippen LogP contribution in [0.1, 0.15) is 16.7 Å². The Morgan fingerprint density at radius 3 is 2.24 bits per heavy atom. The van der Waals surface area contributed by atoms with Crippen molar-refractivity contribution < 1.29 is 24.6 Å². The predicted octanol–water partition coefficient (Wildman–Crippen LogP) is 2.46. The number of ether oxygens (including phenoxy) is 1. The van der Waals surface area contributed by atoms with E-state index >= 15 is 0 Å². The number of carbonyl (C=O) groups excluding carboxylic acids is 1. The van der Waals surface area contributed by atoms with Gasteiger partial charge in [0.1, 0.15) is 13.2 Å². The minimum absolute atomic E-state index is 0.0294. The molecule has 2 aromatic carbocycles. The number of hydrogen-bond acceptors (Lipinski definition) is 7. The fourth-order valence-corrected chi connectivity index (χ4v) is 1.84. The van der Waals surface area contributed by atoms with E-state index in [1.54, 1.807) is 24.3 Å². The van der Waals surface area contributed by atoms with Crippen molar-refractivity contribution in [3.05, 3.63) is 75.3 Å². The van der Waals surface area contributed by atoms with Crippen molar-refractivity contribution in [2.24, 2.45) is 5.73 Å². The molecule has 0 bridgehead atoms. The van der Waals surface area contributed by atoms with Crippen LogP contribution in [-0.4, -0.2) is 16.3 Å². The highest BCUT2D eigenvalue weighted by Gasteiger charge is 2.01. The van der Waals surface area contributed by atoms with Gasteiger partial charge in [-0.15, -0.1) is 22.7 Å². The highest BCUT2D eigenvalue weighted by Crippen LogP contribution is 2.08. The topological polar surface area (TPSA) is 125 Å². The lowest BCUT2D eigenvalue weighted by molar-refractivity contribution is -0.763. The number of rotatable bonds is 6. The molecule has 1 amide bonds. The van der Waals surface area contributed by atoms with Crippen molar-refractivity contribution in [3.63, 3.8) is 0 Å². The molecule has 0 radical (unpaired) electrons. The number of benzene rings is 2. The molecule has 0 aliphatic heterocycles. The molecule has 0 aliphatic carbocycles. The van der Waals surface area contributed by atoms with Gasteiger partial charge in [0.25, 0.3) is 5.09 Å². The van der Waals surface area contributed by atoms with Crippen LogP contribution in [0.3, 0.4) is 0 Å². The Kier molecular flexibility index (Phi) is 8.83. The number of nitrogens with zero attached hydrogens (tertiary/aromatic N) is 1. The third kappa shape index (κ3) is 9.18. The van der Waals surface area contributed by atoms with E-state index in [9.17, 15) is 14.9 Å². The molecule has 25 heavy (non-hydrogen) atoms. The molecule has 0 atom stereocenters. The van der Waals surface area contributed by atoms with Crippen molar-refractivity contribution >= 4 is 18.7 Å². The number of aliphatic hydroxyl groups is 1. The lowest BCUT2D eigenvalue weighted by atomic mass is 10.1. The van der Waals surface area contributed by atoms with E-state index in [4.69, 9.17) is 10.8 Å². The standard InChI is InChI=1S/C9H10N2O5.C7H8OS/c10-9(12)15-5-7-2-1-3-8(4-7)6-16-11(13)14;8-5-6-1-3-7(9)4-2-6/h1-4H,5-6H2,(H2,10,12);1-4,8-9H,5H2. The van der Waals surface area contributed by atoms with E-state index in [0.29, 0.717) is 11.1 Å². The molecule has 8 nitrogen and oxygen atoms in total. The van der Waals surface area contributed by atoms with Crippen LogP contribution >= 0.6 is 12.6 Å². The third-order valence-electron chi connectivity index (χ3n) is 2.83. The van der Waals surface area contributed by atoms with Gasteiger partial charge in [-0.1, -0.05) is 36.4 Å². The lowest BCUT2D eigenvalue weighted by Crippen LogP contribution is -2.12. The van der Waals surface area contributed by atoms with Gasteiger partial charge in [0.05, 0.1) is 6.61 Å². The molecule has 3 N–H and O–H groups in total. The van der Waals surface area contributed by atoms with Crippen LogP contribution in [0.4, 0.5) is 4.79 Å². The molecular weight excluding hydrogens is 348 g/mol. The normalized spacial score (nSPS) is 9.52. The van der Waals surface area contributed by atoms with Crippen LogP contribution in [0, 0.1) is 10.1 Å². The fourth-order valence-electron chi connectivity index (χ4n) is 1.69. The van der Waals surface area contributed by atoms with E-state index in [1.165, 1.54) is 0 Å². The highest BCUT2D eigenvalue weighted by molar-refractivity contribution is 7.80. The number of nitrogens with two attached hydrogens (primary N) is 1. The second-order valence-electron chi connectivity index (χ2n) is 4.75. The summed E-state index contributed by atoms with van der Waals surface area (Å²) in [5.74, 6) is 0. The van der Waals surface area contributed by atoms with Gasteiger partial charge in [-0.05, 0) is 28.8 Å². The van der Waals surface area contributed by atoms with Crippen molar-refractivity contribution in [2.45, 2.75) is 24.7 Å². The Hall–Kier alpha value is -2.78. The smallest absolute Gasteiger partial charge is 0.404 e. The zero-order chi connectivity index (χ0) is 18.7.